The number of rotatable bonds is 5. The summed E-state index contributed by atoms with van der Waals surface area (Å²) in [6.07, 6.45) is -4.60. The Kier molecular flexibility index (Phi) is 5.79. The molecule has 0 heterocycles. The van der Waals surface area contributed by atoms with E-state index in [9.17, 15) is 13.2 Å². The third kappa shape index (κ3) is 4.68. The highest BCUT2D eigenvalue weighted by Gasteiger charge is 2.35. The second-order valence-electron chi connectivity index (χ2n) is 5.57. The first-order valence-corrected chi connectivity index (χ1v) is 8.31. The van der Waals surface area contributed by atoms with Gasteiger partial charge in [0.2, 0.25) is 0 Å². The zero-order chi connectivity index (χ0) is 17.7. The fraction of sp³-hybridized carbons (Fsp3) is 0.278. The normalized spacial score (nSPS) is 11.4. The lowest BCUT2D eigenvalue weighted by atomic mass is 10.1. The van der Waals surface area contributed by atoms with Gasteiger partial charge in [-0.25, -0.2) is 0 Å². The van der Waals surface area contributed by atoms with E-state index in [0.29, 0.717) is 11.7 Å². The number of nitriles is 1. The van der Waals surface area contributed by atoms with Gasteiger partial charge in [-0.1, -0.05) is 26.0 Å². The Labute approximate surface area is 143 Å². The second kappa shape index (κ2) is 7.63. The van der Waals surface area contributed by atoms with E-state index in [2.05, 4.69) is 13.8 Å². The van der Waals surface area contributed by atoms with Crippen molar-refractivity contribution in [1.29, 1.82) is 5.26 Å². The molecule has 0 aromatic heterocycles. The maximum absolute atomic E-state index is 13.2. The van der Waals surface area contributed by atoms with Gasteiger partial charge in [0.05, 0.1) is 22.1 Å². The van der Waals surface area contributed by atoms with Crippen molar-refractivity contribution >= 4 is 11.8 Å². The van der Waals surface area contributed by atoms with Gasteiger partial charge in [-0.15, -0.1) is 11.8 Å². The van der Waals surface area contributed by atoms with Gasteiger partial charge in [0.25, 0.3) is 0 Å². The summed E-state index contributed by atoms with van der Waals surface area (Å²) < 4.78 is 45.2. The van der Waals surface area contributed by atoms with Crippen LogP contribution in [0.3, 0.4) is 0 Å². The van der Waals surface area contributed by atoms with Crippen LogP contribution in [0.5, 0.6) is 11.5 Å². The molecule has 0 N–H and O–H groups in total. The SMILES string of the molecule is CC(C)CSc1ccccc1Oc1ccc(C#N)cc1C(F)(F)F. The van der Waals surface area contributed by atoms with Crippen molar-refractivity contribution in [3.63, 3.8) is 0 Å². The molecule has 0 unspecified atom stereocenters. The molecule has 0 radical (unpaired) electrons. The minimum absolute atomic E-state index is 0.0582. The van der Waals surface area contributed by atoms with Crippen LogP contribution in [-0.2, 0) is 6.18 Å². The number of ether oxygens (including phenoxy) is 1. The minimum Gasteiger partial charge on any atom is -0.456 e. The summed E-state index contributed by atoms with van der Waals surface area (Å²) in [6.45, 7) is 4.14. The van der Waals surface area contributed by atoms with Gasteiger partial charge in [-0.2, -0.15) is 18.4 Å². The first-order chi connectivity index (χ1) is 11.3. The minimum atomic E-state index is -4.60. The monoisotopic (exact) mass is 351 g/mol. The van der Waals surface area contributed by atoms with Crippen LogP contribution in [0.4, 0.5) is 13.2 Å². The first kappa shape index (κ1) is 18.2. The first-order valence-electron chi connectivity index (χ1n) is 7.32. The third-order valence-corrected chi connectivity index (χ3v) is 4.54. The number of nitrogens with zero attached hydrogens (tertiary/aromatic N) is 1. The number of alkyl halides is 3. The van der Waals surface area contributed by atoms with E-state index in [-0.39, 0.29) is 11.3 Å². The van der Waals surface area contributed by atoms with Gasteiger partial charge in [0, 0.05) is 5.75 Å². The van der Waals surface area contributed by atoms with Crippen LogP contribution >= 0.6 is 11.8 Å². The van der Waals surface area contributed by atoms with Crippen molar-refractivity contribution < 1.29 is 17.9 Å². The topological polar surface area (TPSA) is 33.0 Å². The van der Waals surface area contributed by atoms with Crippen LogP contribution in [0.2, 0.25) is 0 Å². The molecule has 0 atom stereocenters. The maximum atomic E-state index is 13.2. The molecule has 0 bridgehead atoms. The fourth-order valence-electron chi connectivity index (χ4n) is 1.94. The summed E-state index contributed by atoms with van der Waals surface area (Å²) >= 11 is 1.54. The van der Waals surface area contributed by atoms with E-state index in [1.807, 2.05) is 12.1 Å². The number of hydrogen-bond acceptors (Lipinski definition) is 3. The number of halogens is 3. The van der Waals surface area contributed by atoms with E-state index >= 15 is 0 Å². The van der Waals surface area contributed by atoms with Gasteiger partial charge in [-0.05, 0) is 36.2 Å². The molecule has 6 heteroatoms. The van der Waals surface area contributed by atoms with Crippen LogP contribution in [0.1, 0.15) is 25.0 Å². The van der Waals surface area contributed by atoms with Crippen molar-refractivity contribution in [2.24, 2.45) is 5.92 Å². The number of hydrogen-bond donors (Lipinski definition) is 0. The van der Waals surface area contributed by atoms with Crippen molar-refractivity contribution in [3.8, 4) is 17.6 Å². The Balaban J connectivity index is 2.37. The Bertz CT molecular complexity index is 751. The highest BCUT2D eigenvalue weighted by Crippen LogP contribution is 2.40. The average Bonchev–Trinajstić information content (AvgIpc) is 2.53. The maximum Gasteiger partial charge on any atom is 0.420 e. The molecule has 0 aliphatic rings. The quantitative estimate of drug-likeness (QED) is 0.609. The Hall–Kier alpha value is -2.13. The van der Waals surface area contributed by atoms with Gasteiger partial charge < -0.3 is 4.74 Å². The van der Waals surface area contributed by atoms with E-state index in [4.69, 9.17) is 10.00 Å². The average molecular weight is 351 g/mol. The molecule has 0 spiro atoms. The van der Waals surface area contributed by atoms with Gasteiger partial charge in [0.1, 0.15) is 11.5 Å². The van der Waals surface area contributed by atoms with E-state index in [0.717, 1.165) is 16.7 Å². The number of para-hydroxylation sites is 1. The van der Waals surface area contributed by atoms with Crippen LogP contribution in [0.25, 0.3) is 0 Å². The molecule has 24 heavy (non-hydrogen) atoms. The predicted octanol–water partition coefficient (Wildman–Crippen LogP) is 6.12. The predicted molar refractivity (Wildman–Crippen MR) is 88.2 cm³/mol. The number of benzene rings is 2. The summed E-state index contributed by atoms with van der Waals surface area (Å²) in [5.74, 6) is 1.35. The molecule has 0 saturated heterocycles. The van der Waals surface area contributed by atoms with Crippen LogP contribution < -0.4 is 4.74 Å². The Morgan fingerprint density at radius 2 is 1.83 bits per heavy atom. The van der Waals surface area contributed by atoms with Crippen molar-refractivity contribution in [3.05, 3.63) is 53.6 Å². The summed E-state index contributed by atoms with van der Waals surface area (Å²) in [6, 6.07) is 12.0. The van der Waals surface area contributed by atoms with Crippen LogP contribution in [0.15, 0.2) is 47.4 Å². The van der Waals surface area contributed by atoms with Crippen molar-refractivity contribution in [2.45, 2.75) is 24.9 Å². The molecule has 0 aliphatic heterocycles. The summed E-state index contributed by atoms with van der Waals surface area (Å²) in [5, 5.41) is 8.81. The zero-order valence-electron chi connectivity index (χ0n) is 13.2. The zero-order valence-corrected chi connectivity index (χ0v) is 14.0. The molecule has 2 aromatic rings. The largest absolute Gasteiger partial charge is 0.456 e. The third-order valence-electron chi connectivity index (χ3n) is 3.06. The highest BCUT2D eigenvalue weighted by molar-refractivity contribution is 7.99. The molecule has 126 valence electrons. The Morgan fingerprint density at radius 1 is 1.12 bits per heavy atom. The number of thioether (sulfide) groups is 1. The van der Waals surface area contributed by atoms with Gasteiger partial charge >= 0.3 is 6.18 Å². The molecule has 0 aliphatic carbocycles. The highest BCUT2D eigenvalue weighted by atomic mass is 32.2. The lowest BCUT2D eigenvalue weighted by Crippen LogP contribution is -2.07. The lowest BCUT2D eigenvalue weighted by Gasteiger charge is -2.16. The van der Waals surface area contributed by atoms with E-state index in [1.54, 1.807) is 18.2 Å². The smallest absolute Gasteiger partial charge is 0.420 e. The van der Waals surface area contributed by atoms with Gasteiger partial charge in [-0.3, -0.25) is 0 Å². The lowest BCUT2D eigenvalue weighted by molar-refractivity contribution is -0.138. The van der Waals surface area contributed by atoms with Crippen LogP contribution in [-0.4, -0.2) is 5.75 Å². The molecular formula is C18H16F3NOS. The molecular weight excluding hydrogens is 335 g/mol. The second-order valence-corrected chi connectivity index (χ2v) is 6.64. The summed E-state index contributed by atoms with van der Waals surface area (Å²) in [7, 11) is 0. The molecule has 0 saturated carbocycles. The van der Waals surface area contributed by atoms with Gasteiger partial charge in [0.15, 0.2) is 0 Å². The van der Waals surface area contributed by atoms with Crippen molar-refractivity contribution in [2.75, 3.05) is 5.75 Å². The fourth-order valence-corrected chi connectivity index (χ4v) is 2.88. The molecule has 2 nitrogen and oxygen atoms in total. The summed E-state index contributed by atoms with van der Waals surface area (Å²) in [4.78, 5) is 0.781. The standard InChI is InChI=1S/C18H16F3NOS/c1-12(2)11-24-17-6-4-3-5-16(17)23-15-8-7-13(10-22)9-14(15)18(19,20)21/h3-9,12H,11H2,1-2H3. The van der Waals surface area contributed by atoms with Crippen LogP contribution in [0, 0.1) is 17.2 Å². The van der Waals surface area contributed by atoms with Crippen molar-refractivity contribution in [1.82, 2.24) is 0 Å². The molecule has 0 amide bonds. The summed E-state index contributed by atoms with van der Waals surface area (Å²) in [5.41, 5.74) is -1.01. The molecule has 0 fully saturated rings. The van der Waals surface area contributed by atoms with E-state index < -0.39 is 11.7 Å². The molecule has 2 aromatic carbocycles. The Morgan fingerprint density at radius 3 is 2.46 bits per heavy atom. The van der Waals surface area contributed by atoms with E-state index in [1.165, 1.54) is 23.9 Å². The molecule has 2 rings (SSSR count).